The lowest BCUT2D eigenvalue weighted by molar-refractivity contribution is 0.0132. The number of hydrogen-bond acceptors (Lipinski definition) is 1. The Morgan fingerprint density at radius 2 is 0.962 bits per heavy atom. The predicted octanol–water partition coefficient (Wildman–Crippen LogP) is 8.31. The van der Waals surface area contributed by atoms with Gasteiger partial charge in [0.2, 0.25) is 0 Å². The van der Waals surface area contributed by atoms with Gasteiger partial charge < -0.3 is 4.74 Å². The van der Waals surface area contributed by atoms with Crippen LogP contribution >= 0.6 is 0 Å². The zero-order valence-corrected chi connectivity index (χ0v) is 18.2. The molecule has 2 fully saturated rings. The molecule has 0 aromatic rings. The molecule has 2 saturated carbocycles. The molecule has 154 valence electrons. The van der Waals surface area contributed by atoms with Crippen molar-refractivity contribution < 1.29 is 4.74 Å². The van der Waals surface area contributed by atoms with E-state index in [9.17, 15) is 0 Å². The van der Waals surface area contributed by atoms with E-state index in [0.717, 1.165) is 24.4 Å². The second kappa shape index (κ2) is 14.0. The molecule has 0 heterocycles. The average Bonchev–Trinajstić information content (AvgIpc) is 2.68. The zero-order valence-electron chi connectivity index (χ0n) is 18.2. The molecule has 0 amide bonds. The van der Waals surface area contributed by atoms with Gasteiger partial charge in [-0.05, 0) is 56.3 Å². The van der Waals surface area contributed by atoms with E-state index < -0.39 is 0 Å². The Balaban J connectivity index is 1.43. The van der Waals surface area contributed by atoms with E-state index in [2.05, 4.69) is 13.8 Å². The van der Waals surface area contributed by atoms with Gasteiger partial charge in [0.1, 0.15) is 0 Å². The summed E-state index contributed by atoms with van der Waals surface area (Å²) in [6, 6.07) is 0. The van der Waals surface area contributed by atoms with E-state index in [1.807, 2.05) is 0 Å². The highest BCUT2D eigenvalue weighted by Gasteiger charge is 2.22. The summed E-state index contributed by atoms with van der Waals surface area (Å²) in [7, 11) is 0. The van der Waals surface area contributed by atoms with Crippen LogP contribution in [0.2, 0.25) is 0 Å². The standard InChI is InChI=1S/C25H48O/c1-3-5-7-10-22-13-15-24(16-14-22)12-9-21-26-25-19-17-23(18-20-25)11-8-6-4-2/h22-25H,3-21H2,1-2H3/t22-,23-,24-,25-. The minimum absolute atomic E-state index is 0.590. The highest BCUT2D eigenvalue weighted by atomic mass is 16.5. The highest BCUT2D eigenvalue weighted by molar-refractivity contribution is 4.74. The van der Waals surface area contributed by atoms with Gasteiger partial charge in [-0.25, -0.2) is 0 Å². The monoisotopic (exact) mass is 364 g/mol. The third-order valence-corrected chi connectivity index (χ3v) is 7.30. The average molecular weight is 365 g/mol. The fourth-order valence-corrected chi connectivity index (χ4v) is 5.38. The van der Waals surface area contributed by atoms with Crippen molar-refractivity contribution in [1.29, 1.82) is 0 Å². The number of ether oxygens (including phenoxy) is 1. The van der Waals surface area contributed by atoms with Crippen molar-refractivity contribution in [3.63, 3.8) is 0 Å². The van der Waals surface area contributed by atoms with E-state index in [0.29, 0.717) is 6.10 Å². The Hall–Kier alpha value is -0.0400. The highest BCUT2D eigenvalue weighted by Crippen LogP contribution is 2.34. The van der Waals surface area contributed by atoms with Gasteiger partial charge in [0.15, 0.2) is 0 Å². The normalized spacial score (nSPS) is 29.8. The molecular formula is C25H48O. The second-order valence-electron chi connectivity index (χ2n) is 9.53. The van der Waals surface area contributed by atoms with Crippen molar-refractivity contribution in [2.75, 3.05) is 6.61 Å². The molecule has 1 nitrogen and oxygen atoms in total. The van der Waals surface area contributed by atoms with Crippen LogP contribution in [0.3, 0.4) is 0 Å². The van der Waals surface area contributed by atoms with Crippen molar-refractivity contribution in [1.82, 2.24) is 0 Å². The van der Waals surface area contributed by atoms with Crippen molar-refractivity contribution in [3.05, 3.63) is 0 Å². The maximum atomic E-state index is 6.23. The van der Waals surface area contributed by atoms with Gasteiger partial charge in [-0.2, -0.15) is 0 Å². The van der Waals surface area contributed by atoms with E-state index >= 15 is 0 Å². The van der Waals surface area contributed by atoms with Crippen LogP contribution in [-0.2, 0) is 4.74 Å². The Labute approximate surface area is 165 Å². The van der Waals surface area contributed by atoms with Gasteiger partial charge in [0.25, 0.3) is 0 Å². The van der Waals surface area contributed by atoms with Gasteiger partial charge in [0.05, 0.1) is 6.10 Å². The third-order valence-electron chi connectivity index (χ3n) is 7.30. The molecule has 0 saturated heterocycles. The molecule has 0 aliphatic heterocycles. The molecule has 0 spiro atoms. The minimum Gasteiger partial charge on any atom is -0.378 e. The summed E-state index contributed by atoms with van der Waals surface area (Å²) in [5.74, 6) is 3.07. The van der Waals surface area contributed by atoms with Crippen LogP contribution in [0.1, 0.15) is 129 Å². The van der Waals surface area contributed by atoms with Crippen LogP contribution in [-0.4, -0.2) is 12.7 Å². The van der Waals surface area contributed by atoms with Crippen molar-refractivity contribution in [2.24, 2.45) is 17.8 Å². The first-order valence-electron chi connectivity index (χ1n) is 12.4. The van der Waals surface area contributed by atoms with Crippen molar-refractivity contribution in [3.8, 4) is 0 Å². The quantitative estimate of drug-likeness (QED) is 0.298. The second-order valence-corrected chi connectivity index (χ2v) is 9.53. The maximum absolute atomic E-state index is 6.23. The van der Waals surface area contributed by atoms with Crippen LogP contribution < -0.4 is 0 Å². The molecule has 1 heteroatoms. The number of hydrogen-bond donors (Lipinski definition) is 0. The molecule has 2 aliphatic rings. The van der Waals surface area contributed by atoms with Gasteiger partial charge in [0, 0.05) is 6.61 Å². The smallest absolute Gasteiger partial charge is 0.0575 e. The van der Waals surface area contributed by atoms with Gasteiger partial charge in [-0.15, -0.1) is 0 Å². The zero-order chi connectivity index (χ0) is 18.5. The fraction of sp³-hybridized carbons (Fsp3) is 1.00. The van der Waals surface area contributed by atoms with Crippen molar-refractivity contribution >= 4 is 0 Å². The molecule has 2 rings (SSSR count). The van der Waals surface area contributed by atoms with Crippen LogP contribution in [0.4, 0.5) is 0 Å². The van der Waals surface area contributed by atoms with Crippen LogP contribution in [0.15, 0.2) is 0 Å². The number of unbranched alkanes of at least 4 members (excludes halogenated alkanes) is 4. The SMILES string of the molecule is CCCCC[C@H]1CC[C@H](CCCO[C@H]2CC[C@H](CCCCC)CC2)CC1. The Kier molecular flexibility index (Phi) is 12.0. The van der Waals surface area contributed by atoms with Crippen LogP contribution in [0, 0.1) is 17.8 Å². The summed E-state index contributed by atoms with van der Waals surface area (Å²) in [5.41, 5.74) is 0. The van der Waals surface area contributed by atoms with E-state index in [1.54, 1.807) is 0 Å². The summed E-state index contributed by atoms with van der Waals surface area (Å²) in [6.45, 7) is 5.66. The summed E-state index contributed by atoms with van der Waals surface area (Å²) < 4.78 is 6.23. The van der Waals surface area contributed by atoms with Gasteiger partial charge >= 0.3 is 0 Å². The van der Waals surface area contributed by atoms with E-state index in [4.69, 9.17) is 4.74 Å². The number of rotatable bonds is 13. The third kappa shape index (κ3) is 9.25. The topological polar surface area (TPSA) is 9.23 Å². The predicted molar refractivity (Wildman–Crippen MR) is 115 cm³/mol. The Bertz CT molecular complexity index is 278. The Morgan fingerprint density at radius 3 is 1.42 bits per heavy atom. The lowest BCUT2D eigenvalue weighted by Gasteiger charge is -2.30. The molecule has 0 unspecified atom stereocenters. The largest absolute Gasteiger partial charge is 0.378 e. The molecule has 0 radical (unpaired) electrons. The van der Waals surface area contributed by atoms with E-state index in [-0.39, 0.29) is 0 Å². The molecule has 26 heavy (non-hydrogen) atoms. The molecule has 0 aromatic heterocycles. The molecule has 0 atom stereocenters. The Morgan fingerprint density at radius 1 is 0.538 bits per heavy atom. The first-order chi connectivity index (χ1) is 12.8. The lowest BCUT2D eigenvalue weighted by atomic mass is 9.78. The summed E-state index contributed by atoms with van der Waals surface area (Å²) in [4.78, 5) is 0. The van der Waals surface area contributed by atoms with Gasteiger partial charge in [-0.3, -0.25) is 0 Å². The molecule has 0 N–H and O–H groups in total. The summed E-state index contributed by atoms with van der Waals surface area (Å²) >= 11 is 0. The molecule has 0 aromatic carbocycles. The molecule has 0 bridgehead atoms. The van der Waals surface area contributed by atoms with E-state index in [1.165, 1.54) is 116 Å². The fourth-order valence-electron chi connectivity index (χ4n) is 5.38. The maximum Gasteiger partial charge on any atom is 0.0575 e. The summed E-state index contributed by atoms with van der Waals surface area (Å²) in [6.07, 6.45) is 26.4. The lowest BCUT2D eigenvalue weighted by Crippen LogP contribution is -2.22. The van der Waals surface area contributed by atoms with Crippen molar-refractivity contribution in [2.45, 2.75) is 136 Å². The summed E-state index contributed by atoms with van der Waals surface area (Å²) in [5, 5.41) is 0. The first kappa shape index (κ1) is 22.3. The van der Waals surface area contributed by atoms with Crippen LogP contribution in [0.5, 0.6) is 0 Å². The molecular weight excluding hydrogens is 316 g/mol. The van der Waals surface area contributed by atoms with Crippen LogP contribution in [0.25, 0.3) is 0 Å². The minimum atomic E-state index is 0.590. The first-order valence-corrected chi connectivity index (χ1v) is 12.4. The van der Waals surface area contributed by atoms with Gasteiger partial charge in [-0.1, -0.05) is 90.9 Å². The molecule has 2 aliphatic carbocycles.